The third kappa shape index (κ3) is 3.60. The van der Waals surface area contributed by atoms with Gasteiger partial charge in [-0.1, -0.05) is 19.1 Å². The lowest BCUT2D eigenvalue weighted by molar-refractivity contribution is 0.181. The molecule has 0 aliphatic carbocycles. The van der Waals surface area contributed by atoms with E-state index in [-0.39, 0.29) is 18.2 Å². The van der Waals surface area contributed by atoms with Crippen molar-refractivity contribution in [2.24, 2.45) is 0 Å². The summed E-state index contributed by atoms with van der Waals surface area (Å²) in [5.41, 5.74) is 2.07. The fourth-order valence-electron chi connectivity index (χ4n) is 2.80. The van der Waals surface area contributed by atoms with Gasteiger partial charge in [0.25, 0.3) is 0 Å². The Hall–Kier alpha value is -1.92. The molecule has 2 heterocycles. The second kappa shape index (κ2) is 7.32. The molecule has 1 saturated heterocycles. The highest BCUT2D eigenvalue weighted by Crippen LogP contribution is 2.25. The van der Waals surface area contributed by atoms with Gasteiger partial charge in [0.1, 0.15) is 11.6 Å². The molecule has 1 aromatic heterocycles. The van der Waals surface area contributed by atoms with Crippen molar-refractivity contribution in [1.82, 2.24) is 10.3 Å². The highest BCUT2D eigenvalue weighted by Gasteiger charge is 2.23. The third-order valence-corrected chi connectivity index (χ3v) is 5.58. The first kappa shape index (κ1) is 16.9. The number of hydrogen-bond acceptors (Lipinski definition) is 5. The van der Waals surface area contributed by atoms with Crippen LogP contribution in [0.15, 0.2) is 30.5 Å². The van der Waals surface area contributed by atoms with E-state index in [0.717, 1.165) is 17.1 Å². The van der Waals surface area contributed by atoms with Crippen molar-refractivity contribution in [3.63, 3.8) is 0 Å². The summed E-state index contributed by atoms with van der Waals surface area (Å²) in [4.78, 5) is 19.1. The van der Waals surface area contributed by atoms with Crippen molar-refractivity contribution in [1.29, 1.82) is 0 Å². The van der Waals surface area contributed by atoms with Crippen LogP contribution in [0.5, 0.6) is 0 Å². The Morgan fingerprint density at radius 3 is 2.62 bits per heavy atom. The smallest absolute Gasteiger partial charge is 0.414 e. The van der Waals surface area contributed by atoms with E-state index in [9.17, 15) is 4.79 Å². The predicted octanol–water partition coefficient (Wildman–Crippen LogP) is 4.07. The maximum absolute atomic E-state index is 11.6. The number of nitrogens with one attached hydrogen (secondary N) is 1. The van der Waals surface area contributed by atoms with Crippen LogP contribution in [0.2, 0.25) is 0 Å². The Balaban J connectivity index is 1.64. The number of nitrogens with zero attached hydrogens (tertiary/aromatic N) is 2. The minimum atomic E-state index is -0.266. The first-order valence-electron chi connectivity index (χ1n) is 8.33. The minimum Gasteiger partial charge on any atom is -0.447 e. The molecule has 1 fully saturated rings. The van der Waals surface area contributed by atoms with Crippen LogP contribution >= 0.6 is 11.3 Å². The van der Waals surface area contributed by atoms with Gasteiger partial charge in [-0.25, -0.2) is 9.78 Å². The summed E-state index contributed by atoms with van der Waals surface area (Å²) in [5, 5.41) is 4.71. The molecular weight excluding hydrogens is 322 g/mol. The molecule has 128 valence electrons. The average molecular weight is 345 g/mol. The normalized spacial score (nSPS) is 17.0. The summed E-state index contributed by atoms with van der Waals surface area (Å²) in [6, 6.07) is 8.48. The van der Waals surface area contributed by atoms with Gasteiger partial charge in [-0.2, -0.15) is 0 Å². The third-order valence-electron chi connectivity index (χ3n) is 4.26. The van der Waals surface area contributed by atoms with Gasteiger partial charge < -0.3 is 10.1 Å². The van der Waals surface area contributed by atoms with Crippen LogP contribution in [0, 0.1) is 0 Å². The van der Waals surface area contributed by atoms with E-state index in [4.69, 9.17) is 4.74 Å². The van der Waals surface area contributed by atoms with E-state index >= 15 is 0 Å². The first-order chi connectivity index (χ1) is 11.6. The number of aryl methyl sites for hydroxylation is 1. The average Bonchev–Trinajstić information content (AvgIpc) is 3.23. The molecule has 0 unspecified atom stereocenters. The van der Waals surface area contributed by atoms with Crippen LogP contribution in [0.1, 0.15) is 48.3 Å². The second-order valence-corrected chi connectivity index (χ2v) is 7.13. The van der Waals surface area contributed by atoms with Gasteiger partial charge in [0.15, 0.2) is 0 Å². The van der Waals surface area contributed by atoms with Gasteiger partial charge in [0.05, 0.1) is 12.6 Å². The molecule has 1 amide bonds. The number of ether oxygens (including phenoxy) is 1. The Morgan fingerprint density at radius 1 is 1.29 bits per heavy atom. The van der Waals surface area contributed by atoms with Crippen LogP contribution in [0.25, 0.3) is 0 Å². The maximum Gasteiger partial charge on any atom is 0.414 e. The molecule has 0 radical (unpaired) electrons. The first-order valence-corrected chi connectivity index (χ1v) is 9.15. The van der Waals surface area contributed by atoms with E-state index < -0.39 is 0 Å². The van der Waals surface area contributed by atoms with E-state index in [1.54, 1.807) is 16.2 Å². The molecule has 1 aliphatic heterocycles. The molecule has 1 aliphatic rings. The summed E-state index contributed by atoms with van der Waals surface area (Å²) >= 11 is 1.77. The van der Waals surface area contributed by atoms with Gasteiger partial charge in [0, 0.05) is 22.8 Å². The van der Waals surface area contributed by atoms with Crippen molar-refractivity contribution < 1.29 is 9.53 Å². The van der Waals surface area contributed by atoms with Crippen LogP contribution in [-0.2, 0) is 11.2 Å². The highest BCUT2D eigenvalue weighted by molar-refractivity contribution is 7.11. The number of carbonyl (C=O) groups is 1. The Labute approximate surface area is 146 Å². The molecule has 1 N–H and O–H groups in total. The fourth-order valence-corrected chi connectivity index (χ4v) is 3.67. The summed E-state index contributed by atoms with van der Waals surface area (Å²) < 4.78 is 4.98. The van der Waals surface area contributed by atoms with Crippen LogP contribution in [0.4, 0.5) is 10.5 Å². The SMILES string of the molecule is CCc1cnc([C@H](C)N[C@@H](C)c2ccc(N3CCOC3=O)cc2)s1. The molecular formula is C18H23N3O2S. The number of amides is 1. The number of rotatable bonds is 6. The Bertz CT molecular complexity index is 699. The van der Waals surface area contributed by atoms with Crippen molar-refractivity contribution in [3.8, 4) is 0 Å². The largest absolute Gasteiger partial charge is 0.447 e. The lowest BCUT2D eigenvalue weighted by atomic mass is 10.1. The van der Waals surface area contributed by atoms with Gasteiger partial charge in [-0.3, -0.25) is 4.90 Å². The standard InChI is InChI=1S/C18H23N3O2S/c1-4-16-11-19-17(24-16)13(3)20-12(2)14-5-7-15(8-6-14)21-9-10-23-18(21)22/h5-8,11-13,20H,4,9-10H2,1-3H3/t12-,13-/m0/s1. The van der Waals surface area contributed by atoms with E-state index in [0.29, 0.717) is 13.2 Å². The Morgan fingerprint density at radius 2 is 2.04 bits per heavy atom. The number of hydrogen-bond donors (Lipinski definition) is 1. The number of cyclic esters (lactones) is 1. The number of anilines is 1. The number of aromatic nitrogens is 1. The van der Waals surface area contributed by atoms with E-state index in [2.05, 4.69) is 43.2 Å². The number of thiazole rings is 1. The molecule has 0 spiro atoms. The number of benzene rings is 1. The van der Waals surface area contributed by atoms with Gasteiger partial charge in [0.2, 0.25) is 0 Å². The molecule has 24 heavy (non-hydrogen) atoms. The zero-order valence-electron chi connectivity index (χ0n) is 14.3. The van der Waals surface area contributed by atoms with Gasteiger partial charge >= 0.3 is 6.09 Å². The monoisotopic (exact) mass is 345 g/mol. The zero-order valence-corrected chi connectivity index (χ0v) is 15.1. The molecule has 3 rings (SSSR count). The van der Waals surface area contributed by atoms with Gasteiger partial charge in [-0.05, 0) is 38.0 Å². The number of carbonyl (C=O) groups excluding carboxylic acids is 1. The van der Waals surface area contributed by atoms with Gasteiger partial charge in [-0.15, -0.1) is 11.3 Å². The van der Waals surface area contributed by atoms with Crippen LogP contribution in [0.3, 0.4) is 0 Å². The molecule has 2 atom stereocenters. The molecule has 2 aromatic rings. The van der Waals surface area contributed by atoms with Crippen molar-refractivity contribution in [3.05, 3.63) is 45.9 Å². The lowest BCUT2D eigenvalue weighted by Crippen LogP contribution is -2.24. The molecule has 6 heteroatoms. The molecule has 0 saturated carbocycles. The summed E-state index contributed by atoms with van der Waals surface area (Å²) in [6.45, 7) is 7.51. The summed E-state index contributed by atoms with van der Waals surface area (Å²) in [6.07, 6.45) is 2.73. The van der Waals surface area contributed by atoms with Crippen LogP contribution in [-0.4, -0.2) is 24.2 Å². The van der Waals surface area contributed by atoms with Crippen molar-refractivity contribution >= 4 is 23.1 Å². The molecule has 0 bridgehead atoms. The second-order valence-electron chi connectivity index (χ2n) is 5.99. The lowest BCUT2D eigenvalue weighted by Gasteiger charge is -2.20. The molecule has 1 aromatic carbocycles. The van der Waals surface area contributed by atoms with E-state index in [1.807, 2.05) is 18.3 Å². The fraction of sp³-hybridized carbons (Fsp3) is 0.444. The van der Waals surface area contributed by atoms with Crippen molar-refractivity contribution in [2.45, 2.75) is 39.3 Å². The summed E-state index contributed by atoms with van der Waals surface area (Å²) in [5.74, 6) is 0. The highest BCUT2D eigenvalue weighted by atomic mass is 32.1. The zero-order chi connectivity index (χ0) is 17.1. The van der Waals surface area contributed by atoms with Crippen LogP contribution < -0.4 is 10.2 Å². The minimum absolute atomic E-state index is 0.202. The topological polar surface area (TPSA) is 54.5 Å². The quantitative estimate of drug-likeness (QED) is 0.857. The molecule has 5 nitrogen and oxygen atoms in total. The predicted molar refractivity (Wildman–Crippen MR) is 96.6 cm³/mol. The van der Waals surface area contributed by atoms with Crippen molar-refractivity contribution in [2.75, 3.05) is 18.1 Å². The van der Waals surface area contributed by atoms with E-state index in [1.165, 1.54) is 10.4 Å². The Kier molecular flexibility index (Phi) is 5.16. The summed E-state index contributed by atoms with van der Waals surface area (Å²) in [7, 11) is 0. The maximum atomic E-state index is 11.6.